The highest BCUT2D eigenvalue weighted by Gasteiger charge is 2.00. The highest BCUT2D eigenvalue weighted by molar-refractivity contribution is 8.02. The van der Waals surface area contributed by atoms with Gasteiger partial charge >= 0.3 is 0 Å². The van der Waals surface area contributed by atoms with E-state index in [0.29, 0.717) is 5.70 Å². The smallest absolute Gasteiger partial charge is 0.123 e. The maximum absolute atomic E-state index is 12.8. The molecule has 0 radical (unpaired) electrons. The minimum absolute atomic E-state index is 0.271. The summed E-state index contributed by atoms with van der Waals surface area (Å²) in [6, 6.07) is 6.09. The van der Waals surface area contributed by atoms with Gasteiger partial charge < -0.3 is 5.32 Å². The van der Waals surface area contributed by atoms with Crippen LogP contribution in [0, 0.1) is 11.3 Å². The van der Waals surface area contributed by atoms with Crippen LogP contribution in [-0.2, 0) is 0 Å². The fraction of sp³-hybridized carbons (Fsp3) is 0.500. The van der Waals surface area contributed by atoms with E-state index in [1.165, 1.54) is 31.4 Å². The second-order valence-corrected chi connectivity index (χ2v) is 5.78. The van der Waals surface area contributed by atoms with Gasteiger partial charge in [-0.3, -0.25) is 0 Å². The molecule has 0 atom stereocenters. The molecule has 0 aromatic heterocycles. The number of hydrogen-bond acceptors (Lipinski definition) is 4. The van der Waals surface area contributed by atoms with Crippen molar-refractivity contribution in [1.82, 2.24) is 5.32 Å². The van der Waals surface area contributed by atoms with Gasteiger partial charge in [-0.1, -0.05) is 13.3 Å². The van der Waals surface area contributed by atoms with Crippen molar-refractivity contribution in [3.05, 3.63) is 41.1 Å². The number of nitrogens with one attached hydrogen (secondary N) is 2. The highest BCUT2D eigenvalue weighted by atomic mass is 32.2. The first kappa shape index (κ1) is 17.9. The van der Waals surface area contributed by atoms with E-state index in [-0.39, 0.29) is 5.82 Å². The first-order chi connectivity index (χ1) is 10.3. The molecule has 0 unspecified atom stereocenters. The van der Waals surface area contributed by atoms with Gasteiger partial charge in [-0.25, -0.2) is 9.92 Å². The summed E-state index contributed by atoms with van der Waals surface area (Å²) in [6.07, 6.45) is 4.76. The summed E-state index contributed by atoms with van der Waals surface area (Å²) >= 11 is 1.66. The molecule has 0 aliphatic carbocycles. The van der Waals surface area contributed by atoms with E-state index in [4.69, 9.17) is 5.53 Å². The van der Waals surface area contributed by atoms with E-state index in [9.17, 15) is 4.39 Å². The van der Waals surface area contributed by atoms with Gasteiger partial charge in [0.05, 0.1) is 5.70 Å². The number of nitrogens with zero attached hydrogens (tertiary/aromatic N) is 1. The van der Waals surface area contributed by atoms with Gasteiger partial charge in [-0.05, 0) is 67.8 Å². The van der Waals surface area contributed by atoms with Crippen LogP contribution < -0.4 is 5.32 Å². The van der Waals surface area contributed by atoms with Crippen molar-refractivity contribution in [3.63, 3.8) is 0 Å². The third-order valence-corrected chi connectivity index (χ3v) is 3.91. The fourth-order valence-corrected chi connectivity index (χ4v) is 2.67. The topological polar surface area (TPSA) is 48.2 Å². The van der Waals surface area contributed by atoms with E-state index >= 15 is 0 Å². The Kier molecular flexibility index (Phi) is 9.74. The van der Waals surface area contributed by atoms with Gasteiger partial charge in [0, 0.05) is 5.56 Å². The van der Waals surface area contributed by atoms with Crippen LogP contribution in [0.2, 0.25) is 0 Å². The van der Waals surface area contributed by atoms with Gasteiger partial charge in [0.2, 0.25) is 0 Å². The van der Waals surface area contributed by atoms with E-state index in [0.717, 1.165) is 30.8 Å². The Balaban J connectivity index is 2.21. The lowest BCUT2D eigenvalue weighted by Crippen LogP contribution is -2.15. The first-order valence-electron chi connectivity index (χ1n) is 7.43. The van der Waals surface area contributed by atoms with Crippen LogP contribution in [0.15, 0.2) is 34.8 Å². The summed E-state index contributed by atoms with van der Waals surface area (Å²) in [5.41, 5.74) is 8.57. The summed E-state index contributed by atoms with van der Waals surface area (Å²) in [5.74, 6) is 0.751. The predicted molar refractivity (Wildman–Crippen MR) is 89.0 cm³/mol. The summed E-state index contributed by atoms with van der Waals surface area (Å²) < 4.78 is 12.8. The number of rotatable bonds is 11. The minimum atomic E-state index is -0.271. The van der Waals surface area contributed by atoms with Crippen molar-refractivity contribution in [2.45, 2.75) is 32.6 Å². The SMILES string of the molecule is CCCNCCCCCS/C=C(\N=N)c1ccc(F)cc1. The Morgan fingerprint density at radius 3 is 2.67 bits per heavy atom. The summed E-state index contributed by atoms with van der Waals surface area (Å²) in [7, 11) is 0. The second-order valence-electron chi connectivity index (χ2n) is 4.80. The van der Waals surface area contributed by atoms with Crippen molar-refractivity contribution in [2.24, 2.45) is 5.11 Å². The summed E-state index contributed by atoms with van der Waals surface area (Å²) in [6.45, 7) is 4.37. The molecule has 0 bridgehead atoms. The van der Waals surface area contributed by atoms with Crippen LogP contribution in [0.1, 0.15) is 38.2 Å². The van der Waals surface area contributed by atoms with E-state index in [1.54, 1.807) is 23.9 Å². The zero-order valence-corrected chi connectivity index (χ0v) is 13.4. The normalized spacial score (nSPS) is 11.6. The quantitative estimate of drug-likeness (QED) is 0.443. The number of halogens is 1. The average Bonchev–Trinajstić information content (AvgIpc) is 2.51. The molecule has 0 fully saturated rings. The zero-order valence-electron chi connectivity index (χ0n) is 12.6. The molecule has 1 rings (SSSR count). The van der Waals surface area contributed by atoms with Crippen molar-refractivity contribution in [3.8, 4) is 0 Å². The van der Waals surface area contributed by atoms with Gasteiger partial charge in [0.1, 0.15) is 5.82 Å². The lowest BCUT2D eigenvalue weighted by molar-refractivity contribution is 0.613. The van der Waals surface area contributed by atoms with Crippen molar-refractivity contribution >= 4 is 17.5 Å². The molecule has 1 aromatic rings. The van der Waals surface area contributed by atoms with Crippen molar-refractivity contribution < 1.29 is 4.39 Å². The monoisotopic (exact) mass is 309 g/mol. The molecular weight excluding hydrogens is 285 g/mol. The molecule has 0 aliphatic heterocycles. The molecule has 0 saturated carbocycles. The Labute approximate surface area is 130 Å². The van der Waals surface area contributed by atoms with E-state index in [1.807, 2.05) is 5.41 Å². The molecule has 0 spiro atoms. The van der Waals surface area contributed by atoms with Gasteiger partial charge in [-0.2, -0.15) is 5.11 Å². The largest absolute Gasteiger partial charge is 0.317 e. The van der Waals surface area contributed by atoms with Crippen LogP contribution in [0.3, 0.4) is 0 Å². The second kappa shape index (κ2) is 11.5. The van der Waals surface area contributed by atoms with Gasteiger partial charge in [0.25, 0.3) is 0 Å². The Morgan fingerprint density at radius 2 is 2.00 bits per heavy atom. The van der Waals surface area contributed by atoms with Gasteiger partial charge in [0.15, 0.2) is 0 Å². The molecule has 0 saturated heterocycles. The van der Waals surface area contributed by atoms with Crippen molar-refractivity contribution in [1.29, 1.82) is 5.53 Å². The molecule has 116 valence electrons. The van der Waals surface area contributed by atoms with Crippen LogP contribution in [0.25, 0.3) is 5.70 Å². The Bertz CT molecular complexity index is 432. The highest BCUT2D eigenvalue weighted by Crippen LogP contribution is 2.21. The number of unbranched alkanes of at least 4 members (excludes halogenated alkanes) is 2. The first-order valence-corrected chi connectivity index (χ1v) is 8.48. The zero-order chi connectivity index (χ0) is 15.3. The molecule has 5 heteroatoms. The maximum Gasteiger partial charge on any atom is 0.123 e. The third-order valence-electron chi connectivity index (χ3n) is 3.00. The molecule has 21 heavy (non-hydrogen) atoms. The Morgan fingerprint density at radius 1 is 1.24 bits per heavy atom. The summed E-state index contributed by atoms with van der Waals surface area (Å²) in [5, 5.41) is 8.79. The molecule has 2 N–H and O–H groups in total. The molecular formula is C16H24FN3S. The fourth-order valence-electron chi connectivity index (χ4n) is 1.83. The molecule has 1 aromatic carbocycles. The van der Waals surface area contributed by atoms with Crippen LogP contribution >= 0.6 is 11.8 Å². The van der Waals surface area contributed by atoms with E-state index < -0.39 is 0 Å². The maximum atomic E-state index is 12.8. The standard InChI is InChI=1S/C16H24FN3S/c1-2-10-19-11-4-3-5-12-21-13-16(20-18)14-6-8-15(17)9-7-14/h6-9,13,18-19H,2-5,10-12H2,1H3/b16-13-,20-18?. The lowest BCUT2D eigenvalue weighted by atomic mass is 10.2. The number of benzene rings is 1. The minimum Gasteiger partial charge on any atom is -0.317 e. The lowest BCUT2D eigenvalue weighted by Gasteiger charge is -2.03. The number of thioether (sulfide) groups is 1. The molecule has 3 nitrogen and oxygen atoms in total. The summed E-state index contributed by atoms with van der Waals surface area (Å²) in [4.78, 5) is 0. The van der Waals surface area contributed by atoms with Crippen LogP contribution in [0.4, 0.5) is 4.39 Å². The molecule has 0 amide bonds. The average molecular weight is 309 g/mol. The Hall–Kier alpha value is -1.20. The third kappa shape index (κ3) is 7.97. The van der Waals surface area contributed by atoms with Crippen molar-refractivity contribution in [2.75, 3.05) is 18.8 Å². The number of hydrogen-bond donors (Lipinski definition) is 2. The van der Waals surface area contributed by atoms with E-state index in [2.05, 4.69) is 17.4 Å². The predicted octanol–water partition coefficient (Wildman–Crippen LogP) is 5.06. The van der Waals surface area contributed by atoms with Crippen LogP contribution in [-0.4, -0.2) is 18.8 Å². The van der Waals surface area contributed by atoms with Crippen LogP contribution in [0.5, 0.6) is 0 Å². The van der Waals surface area contributed by atoms with Gasteiger partial charge in [-0.15, -0.1) is 11.8 Å². The molecule has 0 heterocycles. The molecule has 0 aliphatic rings.